The molecule has 0 aromatic heterocycles. The van der Waals surface area contributed by atoms with Crippen LogP contribution in [0.2, 0.25) is 5.02 Å². The van der Waals surface area contributed by atoms with E-state index in [-0.39, 0.29) is 56.9 Å². The van der Waals surface area contributed by atoms with E-state index in [0.717, 1.165) is 101 Å². The number of hydrogen-bond donors (Lipinski definition) is 1. The van der Waals surface area contributed by atoms with Crippen LogP contribution in [0.3, 0.4) is 0 Å². The Morgan fingerprint density at radius 1 is 0.904 bits per heavy atom. The smallest absolute Gasteiger partial charge is 0.302 e. The molecular formula is C44H64ClN3O4. The van der Waals surface area contributed by atoms with Gasteiger partial charge < -0.3 is 15.0 Å². The predicted molar refractivity (Wildman–Crippen MR) is 208 cm³/mol. The average molecular weight is 734 g/mol. The maximum atomic E-state index is 14.8. The van der Waals surface area contributed by atoms with Gasteiger partial charge in [-0.3, -0.25) is 19.3 Å². The van der Waals surface area contributed by atoms with E-state index in [1.54, 1.807) is 0 Å². The molecule has 6 aliphatic rings. The number of fused-ring (bicyclic) bond motifs is 7. The van der Waals surface area contributed by atoms with Crippen LogP contribution in [-0.4, -0.2) is 67.9 Å². The minimum absolute atomic E-state index is 0.0563. The number of nitrogens with one attached hydrogen (secondary N) is 1. The number of piperazine rings is 1. The Bertz CT molecular complexity index is 1630. The Balaban J connectivity index is 1.05. The zero-order valence-corrected chi connectivity index (χ0v) is 34.0. The number of amides is 1. The Morgan fingerprint density at radius 3 is 2.29 bits per heavy atom. The van der Waals surface area contributed by atoms with E-state index in [1.807, 2.05) is 18.2 Å². The molecule has 286 valence electrons. The first-order valence-electron chi connectivity index (χ1n) is 20.3. The SMILES string of the molecule is CC(=O)O[C@H]1CC[C@@]2(C)C(CC[C@]3(C)[C@@H]2C(=O)C=C2[C@@H]4CC(C)(C(=O)NCCN5CCN(c6ccccc6Cl)CC5)CC[C@]4(C)CC[C@]23C)C1(C)C. The fraction of sp³-hybridized carbons (Fsp3) is 0.750. The van der Waals surface area contributed by atoms with Gasteiger partial charge in [0, 0.05) is 62.9 Å². The Morgan fingerprint density at radius 2 is 1.60 bits per heavy atom. The van der Waals surface area contributed by atoms with Crippen molar-refractivity contribution in [3.05, 3.63) is 40.9 Å². The first kappa shape index (κ1) is 37.9. The molecule has 5 aliphatic carbocycles. The van der Waals surface area contributed by atoms with Crippen molar-refractivity contribution in [3.8, 4) is 0 Å². The minimum atomic E-state index is -0.463. The Kier molecular flexibility index (Phi) is 9.58. The second-order valence-electron chi connectivity index (χ2n) is 19.7. The van der Waals surface area contributed by atoms with E-state index in [2.05, 4.69) is 75.7 Å². The highest BCUT2D eigenvalue weighted by Gasteiger charge is 2.70. The highest BCUT2D eigenvalue weighted by Crippen LogP contribution is 2.75. The van der Waals surface area contributed by atoms with Crippen molar-refractivity contribution in [1.29, 1.82) is 0 Å². The molecule has 2 unspecified atom stereocenters. The zero-order valence-electron chi connectivity index (χ0n) is 33.2. The van der Waals surface area contributed by atoms with Gasteiger partial charge in [0.2, 0.25) is 5.91 Å². The molecule has 1 saturated heterocycles. The third-order valence-electron chi connectivity index (χ3n) is 16.6. The van der Waals surface area contributed by atoms with E-state index < -0.39 is 5.41 Å². The summed E-state index contributed by atoms with van der Waals surface area (Å²) >= 11 is 6.46. The molecule has 0 bridgehead atoms. The van der Waals surface area contributed by atoms with Gasteiger partial charge in [-0.2, -0.15) is 0 Å². The summed E-state index contributed by atoms with van der Waals surface area (Å²) in [6, 6.07) is 8.05. The van der Waals surface area contributed by atoms with Gasteiger partial charge >= 0.3 is 5.97 Å². The fourth-order valence-corrected chi connectivity index (χ4v) is 13.5. The monoisotopic (exact) mass is 733 g/mol. The van der Waals surface area contributed by atoms with Gasteiger partial charge in [-0.25, -0.2) is 0 Å². The van der Waals surface area contributed by atoms with Crippen LogP contribution in [0.15, 0.2) is 35.9 Å². The highest BCUT2D eigenvalue weighted by atomic mass is 35.5. The molecule has 4 saturated carbocycles. The number of ketones is 1. The lowest BCUT2D eigenvalue weighted by Crippen LogP contribution is -2.66. The maximum absolute atomic E-state index is 14.8. The van der Waals surface area contributed by atoms with Crippen LogP contribution < -0.4 is 10.2 Å². The van der Waals surface area contributed by atoms with Crippen LogP contribution in [0.1, 0.15) is 113 Å². The molecule has 0 spiro atoms. The van der Waals surface area contributed by atoms with Gasteiger partial charge in [0.1, 0.15) is 6.10 Å². The fourth-order valence-electron chi connectivity index (χ4n) is 13.2. The lowest BCUT2D eigenvalue weighted by Gasteiger charge is -2.70. The normalized spacial score (nSPS) is 41.4. The van der Waals surface area contributed by atoms with E-state index in [9.17, 15) is 14.4 Å². The number of hydrogen-bond acceptors (Lipinski definition) is 6. The summed E-state index contributed by atoms with van der Waals surface area (Å²) in [5, 5.41) is 4.17. The van der Waals surface area contributed by atoms with Crippen LogP contribution in [-0.2, 0) is 19.1 Å². The van der Waals surface area contributed by atoms with Crippen LogP contribution in [0.5, 0.6) is 0 Å². The number of para-hydroxylation sites is 1. The molecule has 0 radical (unpaired) electrons. The van der Waals surface area contributed by atoms with Crippen molar-refractivity contribution in [3.63, 3.8) is 0 Å². The number of carbonyl (C=O) groups excluding carboxylic acids is 3. The van der Waals surface area contributed by atoms with Crippen LogP contribution in [0, 0.1) is 50.2 Å². The van der Waals surface area contributed by atoms with E-state index in [0.29, 0.717) is 18.2 Å². The molecule has 1 heterocycles. The summed E-state index contributed by atoms with van der Waals surface area (Å²) in [5.74, 6) is 0.734. The molecule has 1 amide bonds. The standard InChI is InChI=1S/C44H64ClN3O4/c1-29(49)52-36-14-15-42(6)35(39(36,2)3)13-16-44(8)37(42)34(50)27-30-31-28-41(5,18-17-40(31,4)19-20-43(30,44)7)38(51)46-21-22-47-23-25-48(26-24-47)33-12-10-9-11-32(33)45/h9-12,27,31,35-37H,13-26,28H2,1-8H3,(H,46,51)/t31-,35?,36-,37+,40+,41?,42-,43+,44+/m0/s1. The van der Waals surface area contributed by atoms with E-state index >= 15 is 0 Å². The quantitative estimate of drug-likeness (QED) is 0.296. The largest absolute Gasteiger partial charge is 0.462 e. The summed E-state index contributed by atoms with van der Waals surface area (Å²) in [6.07, 6.45) is 10.7. The van der Waals surface area contributed by atoms with Crippen LogP contribution in [0.4, 0.5) is 5.69 Å². The van der Waals surface area contributed by atoms with Gasteiger partial charge in [-0.15, -0.1) is 0 Å². The van der Waals surface area contributed by atoms with Gasteiger partial charge in [0.25, 0.3) is 0 Å². The maximum Gasteiger partial charge on any atom is 0.302 e. The molecule has 1 aromatic carbocycles. The lowest BCUT2D eigenvalue weighted by molar-refractivity contribution is -0.210. The van der Waals surface area contributed by atoms with Crippen molar-refractivity contribution in [2.75, 3.05) is 44.2 Å². The third-order valence-corrected chi connectivity index (χ3v) is 17.0. The summed E-state index contributed by atoms with van der Waals surface area (Å²) in [5.41, 5.74) is 1.48. The number of halogens is 1. The van der Waals surface area contributed by atoms with Gasteiger partial charge in [0.15, 0.2) is 5.78 Å². The van der Waals surface area contributed by atoms with Gasteiger partial charge in [0.05, 0.1) is 10.7 Å². The average Bonchev–Trinajstić information content (AvgIpc) is 3.08. The Labute approximate surface area is 318 Å². The van der Waals surface area contributed by atoms with Crippen molar-refractivity contribution in [1.82, 2.24) is 10.2 Å². The molecule has 1 aliphatic heterocycles. The first-order valence-corrected chi connectivity index (χ1v) is 20.7. The predicted octanol–water partition coefficient (Wildman–Crippen LogP) is 8.49. The third kappa shape index (κ3) is 5.88. The van der Waals surface area contributed by atoms with Crippen molar-refractivity contribution in [2.24, 2.45) is 50.2 Å². The topological polar surface area (TPSA) is 78.9 Å². The van der Waals surface area contributed by atoms with E-state index in [4.69, 9.17) is 16.3 Å². The molecular weight excluding hydrogens is 670 g/mol. The zero-order chi connectivity index (χ0) is 37.5. The van der Waals surface area contributed by atoms with Crippen LogP contribution >= 0.6 is 11.6 Å². The number of carbonyl (C=O) groups is 3. The first-order chi connectivity index (χ1) is 24.4. The Hall–Kier alpha value is -2.38. The molecule has 8 heteroatoms. The summed E-state index contributed by atoms with van der Waals surface area (Å²) in [4.78, 5) is 45.7. The number of nitrogens with zero attached hydrogens (tertiary/aromatic N) is 2. The highest BCUT2D eigenvalue weighted by molar-refractivity contribution is 6.33. The van der Waals surface area contributed by atoms with Crippen molar-refractivity contribution >= 4 is 34.9 Å². The molecule has 1 aromatic rings. The molecule has 9 atom stereocenters. The number of esters is 1. The molecule has 1 N–H and O–H groups in total. The molecule has 7 nitrogen and oxygen atoms in total. The second-order valence-corrected chi connectivity index (χ2v) is 20.2. The second kappa shape index (κ2) is 13.1. The van der Waals surface area contributed by atoms with Crippen molar-refractivity contribution < 1.29 is 19.1 Å². The number of allylic oxidation sites excluding steroid dienone is 2. The molecule has 5 fully saturated rings. The van der Waals surface area contributed by atoms with E-state index in [1.165, 1.54) is 12.5 Å². The number of benzene rings is 1. The number of rotatable bonds is 6. The summed E-state index contributed by atoms with van der Waals surface area (Å²) in [7, 11) is 0. The number of anilines is 1. The van der Waals surface area contributed by atoms with Crippen molar-refractivity contribution in [2.45, 2.75) is 119 Å². The molecule has 52 heavy (non-hydrogen) atoms. The minimum Gasteiger partial charge on any atom is -0.462 e. The van der Waals surface area contributed by atoms with Gasteiger partial charge in [-0.05, 0) is 109 Å². The summed E-state index contributed by atoms with van der Waals surface area (Å²) < 4.78 is 5.90. The number of ether oxygens (including phenoxy) is 1. The summed E-state index contributed by atoms with van der Waals surface area (Å²) in [6.45, 7) is 23.2. The van der Waals surface area contributed by atoms with Gasteiger partial charge in [-0.1, -0.05) is 77.8 Å². The molecule has 7 rings (SSSR count). The lowest BCUT2D eigenvalue weighted by atomic mass is 9.33. The van der Waals surface area contributed by atoms with Crippen LogP contribution in [0.25, 0.3) is 0 Å².